The summed E-state index contributed by atoms with van der Waals surface area (Å²) in [6, 6.07) is 11.0. The van der Waals surface area contributed by atoms with Gasteiger partial charge in [-0.3, -0.25) is 0 Å². The summed E-state index contributed by atoms with van der Waals surface area (Å²) in [4.78, 5) is 14.5. The normalized spacial score (nSPS) is 16.7. The van der Waals surface area contributed by atoms with Gasteiger partial charge in [0.1, 0.15) is 18.1 Å². The number of carbonyl (C=O) groups is 1. The topological polar surface area (TPSA) is 78.5 Å². The lowest BCUT2D eigenvalue weighted by Gasteiger charge is -2.24. The molecule has 0 bridgehead atoms. The van der Waals surface area contributed by atoms with E-state index in [4.69, 9.17) is 14.4 Å². The number of nitriles is 1. The van der Waals surface area contributed by atoms with Crippen LogP contribution in [-0.4, -0.2) is 24.6 Å². The standard InChI is InChI=1S/C19H21N3O3/c1-13-14(11-20)5-3-6-16(13)21-19(23)22-10-4-7-17(22)18-9-8-15(25-18)12-24-2/h3,5-6,8-9,17H,4,7,10,12H2,1-2H3,(H,21,23)/t17-/m1/s1. The zero-order chi connectivity index (χ0) is 17.8. The molecule has 2 heterocycles. The lowest BCUT2D eigenvalue weighted by molar-refractivity contribution is 0.157. The second-order valence-corrected chi connectivity index (χ2v) is 6.11. The lowest BCUT2D eigenvalue weighted by atomic mass is 10.1. The van der Waals surface area contributed by atoms with Crippen LogP contribution < -0.4 is 5.32 Å². The van der Waals surface area contributed by atoms with Gasteiger partial charge in [-0.15, -0.1) is 0 Å². The van der Waals surface area contributed by atoms with E-state index in [0.29, 0.717) is 24.4 Å². The number of methoxy groups -OCH3 is 1. The molecular formula is C19H21N3O3. The van der Waals surface area contributed by atoms with Crippen molar-refractivity contribution in [1.82, 2.24) is 4.90 Å². The minimum absolute atomic E-state index is 0.0786. The summed E-state index contributed by atoms with van der Waals surface area (Å²) in [6.07, 6.45) is 1.79. The molecule has 0 radical (unpaired) electrons. The van der Waals surface area contributed by atoms with Crippen molar-refractivity contribution in [2.45, 2.75) is 32.4 Å². The van der Waals surface area contributed by atoms with E-state index in [-0.39, 0.29) is 12.1 Å². The number of likely N-dealkylation sites (tertiary alicyclic amines) is 1. The third-order valence-corrected chi connectivity index (χ3v) is 4.51. The van der Waals surface area contributed by atoms with Crippen LogP contribution in [0.4, 0.5) is 10.5 Å². The van der Waals surface area contributed by atoms with Crippen LogP contribution in [-0.2, 0) is 11.3 Å². The van der Waals surface area contributed by atoms with Crippen LogP contribution in [0.15, 0.2) is 34.7 Å². The third-order valence-electron chi connectivity index (χ3n) is 4.51. The number of hydrogen-bond acceptors (Lipinski definition) is 4. The molecular weight excluding hydrogens is 318 g/mol. The molecule has 0 unspecified atom stereocenters. The Bertz CT molecular complexity index is 806. The predicted octanol–water partition coefficient (Wildman–Crippen LogP) is 3.98. The van der Waals surface area contributed by atoms with E-state index in [1.54, 1.807) is 24.1 Å². The van der Waals surface area contributed by atoms with Crippen molar-refractivity contribution in [3.8, 4) is 6.07 Å². The Hall–Kier alpha value is -2.78. The van der Waals surface area contributed by atoms with Crippen molar-refractivity contribution < 1.29 is 13.9 Å². The Morgan fingerprint density at radius 3 is 3.04 bits per heavy atom. The zero-order valence-electron chi connectivity index (χ0n) is 14.4. The van der Waals surface area contributed by atoms with E-state index in [1.807, 2.05) is 25.1 Å². The minimum Gasteiger partial charge on any atom is -0.461 e. The molecule has 0 spiro atoms. The van der Waals surface area contributed by atoms with E-state index in [9.17, 15) is 4.79 Å². The number of carbonyl (C=O) groups excluding carboxylic acids is 1. The highest BCUT2D eigenvalue weighted by atomic mass is 16.5. The maximum atomic E-state index is 12.7. The van der Waals surface area contributed by atoms with E-state index in [0.717, 1.165) is 29.9 Å². The summed E-state index contributed by atoms with van der Waals surface area (Å²) in [7, 11) is 1.62. The summed E-state index contributed by atoms with van der Waals surface area (Å²) in [5, 5.41) is 12.1. The first-order chi connectivity index (χ1) is 12.1. The highest BCUT2D eigenvalue weighted by Crippen LogP contribution is 2.34. The first-order valence-electron chi connectivity index (χ1n) is 8.29. The molecule has 6 heteroatoms. The number of ether oxygens (including phenoxy) is 1. The predicted molar refractivity (Wildman–Crippen MR) is 93.0 cm³/mol. The number of rotatable bonds is 4. The summed E-state index contributed by atoms with van der Waals surface area (Å²) >= 11 is 0. The SMILES string of the molecule is COCc1ccc([C@H]2CCCN2C(=O)Nc2cccc(C#N)c2C)o1. The Balaban J connectivity index is 1.76. The van der Waals surface area contributed by atoms with Gasteiger partial charge in [-0.1, -0.05) is 6.07 Å². The first-order valence-corrected chi connectivity index (χ1v) is 8.29. The summed E-state index contributed by atoms with van der Waals surface area (Å²) < 4.78 is 10.9. The smallest absolute Gasteiger partial charge is 0.322 e. The Morgan fingerprint density at radius 1 is 1.44 bits per heavy atom. The van der Waals surface area contributed by atoms with Crippen LogP contribution in [0, 0.1) is 18.3 Å². The van der Waals surface area contributed by atoms with Crippen LogP contribution in [0.1, 0.15) is 41.5 Å². The largest absolute Gasteiger partial charge is 0.461 e. The summed E-state index contributed by atoms with van der Waals surface area (Å²) in [5.41, 5.74) is 2.00. The first kappa shape index (κ1) is 17.1. The van der Waals surface area contributed by atoms with Gasteiger partial charge in [0, 0.05) is 19.3 Å². The number of nitrogens with one attached hydrogen (secondary N) is 1. The van der Waals surface area contributed by atoms with Gasteiger partial charge in [0.05, 0.1) is 17.7 Å². The zero-order valence-corrected chi connectivity index (χ0v) is 14.4. The van der Waals surface area contributed by atoms with Gasteiger partial charge in [0.25, 0.3) is 0 Å². The highest BCUT2D eigenvalue weighted by molar-refractivity contribution is 5.91. The number of nitrogens with zero attached hydrogens (tertiary/aromatic N) is 2. The molecule has 1 aliphatic rings. The second kappa shape index (κ2) is 7.41. The van der Waals surface area contributed by atoms with Crippen LogP contribution >= 0.6 is 0 Å². The van der Waals surface area contributed by atoms with Gasteiger partial charge in [-0.05, 0) is 49.6 Å². The van der Waals surface area contributed by atoms with Gasteiger partial charge in [0.15, 0.2) is 0 Å². The van der Waals surface area contributed by atoms with Crippen molar-refractivity contribution in [2.24, 2.45) is 0 Å². The van der Waals surface area contributed by atoms with Crippen LogP contribution in [0.25, 0.3) is 0 Å². The molecule has 6 nitrogen and oxygen atoms in total. The lowest BCUT2D eigenvalue weighted by Crippen LogP contribution is -2.34. The summed E-state index contributed by atoms with van der Waals surface area (Å²) in [5.74, 6) is 1.53. The second-order valence-electron chi connectivity index (χ2n) is 6.11. The van der Waals surface area contributed by atoms with Gasteiger partial charge in [-0.2, -0.15) is 5.26 Å². The number of furan rings is 1. The molecule has 1 saturated heterocycles. The molecule has 1 N–H and O–H groups in total. The molecule has 2 amide bonds. The van der Waals surface area contributed by atoms with Crippen molar-refractivity contribution in [3.63, 3.8) is 0 Å². The maximum Gasteiger partial charge on any atom is 0.322 e. The van der Waals surface area contributed by atoms with Crippen molar-refractivity contribution >= 4 is 11.7 Å². The average Bonchev–Trinajstić information content (AvgIpc) is 3.26. The fourth-order valence-corrected chi connectivity index (χ4v) is 3.18. The van der Waals surface area contributed by atoms with Gasteiger partial charge >= 0.3 is 6.03 Å². The number of anilines is 1. The van der Waals surface area contributed by atoms with Crippen molar-refractivity contribution in [2.75, 3.05) is 19.0 Å². The average molecular weight is 339 g/mol. The number of urea groups is 1. The van der Waals surface area contributed by atoms with E-state index < -0.39 is 0 Å². The highest BCUT2D eigenvalue weighted by Gasteiger charge is 2.32. The van der Waals surface area contributed by atoms with Gasteiger partial charge in [0.2, 0.25) is 0 Å². The van der Waals surface area contributed by atoms with E-state index >= 15 is 0 Å². The molecule has 1 aromatic carbocycles. The fraction of sp³-hybridized carbons (Fsp3) is 0.368. The molecule has 25 heavy (non-hydrogen) atoms. The monoisotopic (exact) mass is 339 g/mol. The summed E-state index contributed by atoms with van der Waals surface area (Å²) in [6.45, 7) is 2.92. The molecule has 1 aromatic heterocycles. The number of hydrogen-bond donors (Lipinski definition) is 1. The number of benzene rings is 1. The van der Waals surface area contributed by atoms with E-state index in [1.165, 1.54) is 0 Å². The van der Waals surface area contributed by atoms with Gasteiger partial charge < -0.3 is 19.4 Å². The molecule has 0 aliphatic carbocycles. The molecule has 1 fully saturated rings. The molecule has 2 aromatic rings. The number of amides is 2. The van der Waals surface area contributed by atoms with Crippen molar-refractivity contribution in [3.05, 3.63) is 53.0 Å². The fourth-order valence-electron chi connectivity index (χ4n) is 3.18. The molecule has 1 aliphatic heterocycles. The van der Waals surface area contributed by atoms with Crippen LogP contribution in [0.5, 0.6) is 0 Å². The van der Waals surface area contributed by atoms with Crippen LogP contribution in [0.2, 0.25) is 0 Å². The maximum absolute atomic E-state index is 12.7. The molecule has 0 saturated carbocycles. The quantitative estimate of drug-likeness (QED) is 0.914. The minimum atomic E-state index is -0.176. The van der Waals surface area contributed by atoms with E-state index in [2.05, 4.69) is 11.4 Å². The Labute approximate surface area is 147 Å². The third kappa shape index (κ3) is 3.52. The Morgan fingerprint density at radius 2 is 2.28 bits per heavy atom. The molecule has 3 rings (SSSR count). The Kier molecular flexibility index (Phi) is 5.05. The van der Waals surface area contributed by atoms with Crippen LogP contribution in [0.3, 0.4) is 0 Å². The van der Waals surface area contributed by atoms with Gasteiger partial charge in [-0.25, -0.2) is 4.79 Å². The van der Waals surface area contributed by atoms with Crippen molar-refractivity contribution in [1.29, 1.82) is 5.26 Å². The molecule has 1 atom stereocenters. The molecule has 130 valence electrons.